The number of carbonyl (C=O) groups is 2. The van der Waals surface area contributed by atoms with Crippen molar-refractivity contribution >= 4 is 23.3 Å². The van der Waals surface area contributed by atoms with E-state index in [2.05, 4.69) is 17.1 Å². The third-order valence-corrected chi connectivity index (χ3v) is 3.52. The second kappa shape index (κ2) is 6.47. The quantitative estimate of drug-likeness (QED) is 0.857. The lowest BCUT2D eigenvalue weighted by Gasteiger charge is -2.25. The van der Waals surface area contributed by atoms with E-state index in [9.17, 15) is 9.59 Å². The standard InChI is InChI=1S/C15H21N3O3/c1-11-8-17(2)12-5-3-4-6-13(12)18(9-11)10-14(19)16-7-15(20)21/h3-6,11H,7-10H2,1-2H3,(H,16,19)(H,20,21). The van der Waals surface area contributed by atoms with Crippen molar-refractivity contribution in [1.82, 2.24) is 5.32 Å². The molecule has 1 aliphatic rings. The van der Waals surface area contributed by atoms with Crippen LogP contribution >= 0.6 is 0 Å². The Kier molecular flexibility index (Phi) is 4.67. The number of fused-ring (bicyclic) bond motifs is 1. The van der Waals surface area contributed by atoms with Crippen LogP contribution in [0.4, 0.5) is 11.4 Å². The number of aliphatic carboxylic acids is 1. The maximum absolute atomic E-state index is 11.9. The molecule has 0 spiro atoms. The summed E-state index contributed by atoms with van der Waals surface area (Å²) in [6.45, 7) is 3.66. The number of rotatable bonds is 4. The summed E-state index contributed by atoms with van der Waals surface area (Å²) in [6, 6.07) is 7.96. The molecule has 1 aromatic carbocycles. The van der Waals surface area contributed by atoms with Crippen molar-refractivity contribution in [3.05, 3.63) is 24.3 Å². The van der Waals surface area contributed by atoms with E-state index in [-0.39, 0.29) is 19.0 Å². The zero-order valence-electron chi connectivity index (χ0n) is 12.4. The molecular weight excluding hydrogens is 270 g/mol. The number of carboxylic acid groups (broad SMARTS) is 1. The molecular formula is C15H21N3O3. The van der Waals surface area contributed by atoms with E-state index in [0.717, 1.165) is 24.5 Å². The van der Waals surface area contributed by atoms with Crippen molar-refractivity contribution < 1.29 is 14.7 Å². The van der Waals surface area contributed by atoms with Crippen LogP contribution in [0.15, 0.2) is 24.3 Å². The number of anilines is 2. The summed E-state index contributed by atoms with van der Waals surface area (Å²) in [5.41, 5.74) is 2.10. The Morgan fingerprint density at radius 2 is 1.95 bits per heavy atom. The van der Waals surface area contributed by atoms with Crippen molar-refractivity contribution in [2.45, 2.75) is 6.92 Å². The number of hydrogen-bond acceptors (Lipinski definition) is 4. The van der Waals surface area contributed by atoms with Gasteiger partial charge in [0.25, 0.3) is 0 Å². The average molecular weight is 291 g/mol. The highest BCUT2D eigenvalue weighted by atomic mass is 16.4. The minimum atomic E-state index is -1.03. The van der Waals surface area contributed by atoms with Crippen LogP contribution in [0.3, 0.4) is 0 Å². The molecule has 0 bridgehead atoms. The molecule has 1 atom stereocenters. The van der Waals surface area contributed by atoms with Crippen LogP contribution in [-0.4, -0.2) is 50.2 Å². The molecule has 2 rings (SSSR count). The lowest BCUT2D eigenvalue weighted by Crippen LogP contribution is -2.40. The van der Waals surface area contributed by atoms with Crippen molar-refractivity contribution in [2.75, 3.05) is 43.0 Å². The van der Waals surface area contributed by atoms with Gasteiger partial charge in [0.15, 0.2) is 0 Å². The van der Waals surface area contributed by atoms with Crippen molar-refractivity contribution in [3.63, 3.8) is 0 Å². The van der Waals surface area contributed by atoms with Crippen LogP contribution in [0, 0.1) is 5.92 Å². The first-order chi connectivity index (χ1) is 9.97. The predicted molar refractivity (Wildman–Crippen MR) is 81.7 cm³/mol. The summed E-state index contributed by atoms with van der Waals surface area (Å²) in [7, 11) is 2.04. The molecule has 21 heavy (non-hydrogen) atoms. The highest BCUT2D eigenvalue weighted by molar-refractivity contribution is 5.86. The zero-order chi connectivity index (χ0) is 15.4. The number of para-hydroxylation sites is 2. The van der Waals surface area contributed by atoms with Crippen molar-refractivity contribution in [1.29, 1.82) is 0 Å². The molecule has 1 aromatic rings. The fourth-order valence-corrected chi connectivity index (χ4v) is 2.71. The van der Waals surface area contributed by atoms with E-state index < -0.39 is 5.97 Å². The number of nitrogens with one attached hydrogen (secondary N) is 1. The van der Waals surface area contributed by atoms with E-state index in [1.165, 1.54) is 0 Å². The lowest BCUT2D eigenvalue weighted by atomic mass is 10.1. The monoisotopic (exact) mass is 291 g/mol. The number of carbonyl (C=O) groups excluding carboxylic acids is 1. The van der Waals surface area contributed by atoms with Crippen molar-refractivity contribution in [3.8, 4) is 0 Å². The molecule has 2 N–H and O–H groups in total. The van der Waals surface area contributed by atoms with Gasteiger partial charge in [0.05, 0.1) is 17.9 Å². The Labute approximate surface area is 124 Å². The van der Waals surface area contributed by atoms with Gasteiger partial charge in [-0.05, 0) is 18.1 Å². The maximum atomic E-state index is 11.9. The molecule has 1 unspecified atom stereocenters. The van der Waals surface area contributed by atoms with Gasteiger partial charge in [-0.2, -0.15) is 0 Å². The molecule has 1 amide bonds. The Morgan fingerprint density at radius 3 is 2.62 bits per heavy atom. The topological polar surface area (TPSA) is 72.9 Å². The van der Waals surface area contributed by atoms with Gasteiger partial charge in [0.2, 0.25) is 5.91 Å². The third-order valence-electron chi connectivity index (χ3n) is 3.52. The normalized spacial score (nSPS) is 17.9. The van der Waals surface area contributed by atoms with Gasteiger partial charge in [-0.15, -0.1) is 0 Å². The van der Waals surface area contributed by atoms with E-state index >= 15 is 0 Å². The van der Waals surface area contributed by atoms with E-state index in [4.69, 9.17) is 5.11 Å². The molecule has 6 nitrogen and oxygen atoms in total. The second-order valence-corrected chi connectivity index (χ2v) is 5.53. The smallest absolute Gasteiger partial charge is 0.322 e. The molecule has 0 saturated heterocycles. The maximum Gasteiger partial charge on any atom is 0.322 e. The fourth-order valence-electron chi connectivity index (χ4n) is 2.71. The Bertz CT molecular complexity index is 533. The van der Waals surface area contributed by atoms with Crippen molar-refractivity contribution in [2.24, 2.45) is 5.92 Å². The highest BCUT2D eigenvalue weighted by Gasteiger charge is 2.23. The van der Waals surface area contributed by atoms with Gasteiger partial charge in [-0.3, -0.25) is 9.59 Å². The minimum Gasteiger partial charge on any atom is -0.480 e. The summed E-state index contributed by atoms with van der Waals surface area (Å²) in [4.78, 5) is 26.6. The number of benzene rings is 1. The first-order valence-corrected chi connectivity index (χ1v) is 7.01. The molecule has 1 heterocycles. The SMILES string of the molecule is CC1CN(C)c2ccccc2N(CC(=O)NCC(=O)O)C1. The average Bonchev–Trinajstić information content (AvgIpc) is 2.55. The summed E-state index contributed by atoms with van der Waals surface area (Å²) in [5.74, 6) is -0.897. The second-order valence-electron chi connectivity index (χ2n) is 5.53. The van der Waals surface area contributed by atoms with Crippen LogP contribution in [0.2, 0.25) is 0 Å². The van der Waals surface area contributed by atoms with Gasteiger partial charge in [0, 0.05) is 20.1 Å². The van der Waals surface area contributed by atoms with E-state index in [1.54, 1.807) is 0 Å². The summed E-state index contributed by atoms with van der Waals surface area (Å²) in [6.07, 6.45) is 0. The molecule has 0 fully saturated rings. The number of amides is 1. The Morgan fingerprint density at radius 1 is 1.29 bits per heavy atom. The van der Waals surface area contributed by atoms with Crippen LogP contribution < -0.4 is 15.1 Å². The summed E-state index contributed by atoms with van der Waals surface area (Å²) < 4.78 is 0. The summed E-state index contributed by atoms with van der Waals surface area (Å²) in [5, 5.41) is 11.0. The van der Waals surface area contributed by atoms with Gasteiger partial charge < -0.3 is 20.2 Å². The Hall–Kier alpha value is -2.24. The van der Waals surface area contributed by atoms with Crippen LogP contribution in [0.25, 0.3) is 0 Å². The lowest BCUT2D eigenvalue weighted by molar-refractivity contribution is -0.137. The van der Waals surface area contributed by atoms with Crippen LogP contribution in [0.1, 0.15) is 6.92 Å². The summed E-state index contributed by atoms with van der Waals surface area (Å²) >= 11 is 0. The zero-order valence-corrected chi connectivity index (χ0v) is 12.4. The predicted octanol–water partition coefficient (Wildman–Crippen LogP) is 0.780. The number of nitrogens with zero attached hydrogens (tertiary/aromatic N) is 2. The van der Waals surface area contributed by atoms with E-state index in [1.807, 2.05) is 36.2 Å². The largest absolute Gasteiger partial charge is 0.480 e. The molecule has 6 heteroatoms. The van der Waals surface area contributed by atoms with Gasteiger partial charge >= 0.3 is 5.97 Å². The van der Waals surface area contributed by atoms with Gasteiger partial charge in [-0.1, -0.05) is 19.1 Å². The Balaban J connectivity index is 2.15. The molecule has 0 aromatic heterocycles. The number of carboxylic acids is 1. The van der Waals surface area contributed by atoms with Gasteiger partial charge in [0.1, 0.15) is 6.54 Å². The molecule has 0 radical (unpaired) electrons. The molecule has 0 aliphatic carbocycles. The van der Waals surface area contributed by atoms with Crippen LogP contribution in [-0.2, 0) is 9.59 Å². The highest BCUT2D eigenvalue weighted by Crippen LogP contribution is 2.32. The van der Waals surface area contributed by atoms with Crippen LogP contribution in [0.5, 0.6) is 0 Å². The minimum absolute atomic E-state index is 0.169. The van der Waals surface area contributed by atoms with Gasteiger partial charge in [-0.25, -0.2) is 0 Å². The first kappa shape index (κ1) is 15.2. The molecule has 114 valence electrons. The molecule has 1 aliphatic heterocycles. The first-order valence-electron chi connectivity index (χ1n) is 7.01. The fraction of sp³-hybridized carbons (Fsp3) is 0.467. The van der Waals surface area contributed by atoms with E-state index in [0.29, 0.717) is 5.92 Å². The molecule has 0 saturated carbocycles. The third kappa shape index (κ3) is 3.87. The number of hydrogen-bond donors (Lipinski definition) is 2.